The van der Waals surface area contributed by atoms with Crippen molar-refractivity contribution < 1.29 is 0 Å². The van der Waals surface area contributed by atoms with Gasteiger partial charge in [-0.25, -0.2) is 0 Å². The van der Waals surface area contributed by atoms with Crippen LogP contribution in [0.15, 0.2) is 255 Å². The van der Waals surface area contributed by atoms with Gasteiger partial charge in [-0.3, -0.25) is 0 Å². The van der Waals surface area contributed by atoms with Crippen molar-refractivity contribution in [3.63, 3.8) is 0 Å². The number of anilines is 3. The normalized spacial score (nSPS) is 11.4. The first kappa shape index (κ1) is 37.3. The molecule has 2 heteroatoms. The molecule has 0 N–H and O–H groups in total. The predicted molar refractivity (Wildman–Crippen MR) is 272 cm³/mol. The zero-order chi connectivity index (χ0) is 42.4. The fraction of sp³-hybridized carbons (Fsp3) is 0. The average molecular weight is 815 g/mol. The van der Waals surface area contributed by atoms with Crippen LogP contribution in [0, 0.1) is 0 Å². The molecule has 64 heavy (non-hydrogen) atoms. The number of rotatable bonds is 8. The topological polar surface area (TPSA) is 8.17 Å². The highest BCUT2D eigenvalue weighted by Gasteiger charge is 2.19. The molecule has 12 rings (SSSR count). The second-order valence-electron chi connectivity index (χ2n) is 16.5. The highest BCUT2D eigenvalue weighted by molar-refractivity contribution is 6.18. The highest BCUT2D eigenvalue weighted by Crippen LogP contribution is 2.43. The van der Waals surface area contributed by atoms with Crippen molar-refractivity contribution in [3.8, 4) is 50.2 Å². The Morgan fingerprint density at radius 2 is 0.797 bits per heavy atom. The standard InChI is InChI=1S/C62H42N2/c1-3-15-43(16-4-1)47-21-11-22-48(39-47)44-31-35-53(36-32-44)63(54-37-33-46(34-38-54)57-28-13-20-45-17-9-10-27-56(45)57)55-26-12-23-51(40-55)58-29-14-30-60-62(58)59-41-49-18-7-8-19-50(49)42-61(59)64(60)52-24-5-2-6-25-52/h1-42H. The van der Waals surface area contributed by atoms with Crippen molar-refractivity contribution in [1.29, 1.82) is 0 Å². The predicted octanol–water partition coefficient (Wildman–Crippen LogP) is 17.2. The molecule has 0 radical (unpaired) electrons. The van der Waals surface area contributed by atoms with E-state index >= 15 is 0 Å². The van der Waals surface area contributed by atoms with Gasteiger partial charge in [0, 0.05) is 33.5 Å². The summed E-state index contributed by atoms with van der Waals surface area (Å²) in [5, 5.41) is 7.45. The molecule has 11 aromatic carbocycles. The molecule has 0 fully saturated rings. The number of aromatic nitrogens is 1. The van der Waals surface area contributed by atoms with Gasteiger partial charge in [0.05, 0.1) is 11.0 Å². The summed E-state index contributed by atoms with van der Waals surface area (Å²) in [6.45, 7) is 0. The van der Waals surface area contributed by atoms with Crippen molar-refractivity contribution in [3.05, 3.63) is 255 Å². The number of nitrogens with zero attached hydrogens (tertiary/aromatic N) is 2. The van der Waals surface area contributed by atoms with Gasteiger partial charge in [0.25, 0.3) is 0 Å². The Kier molecular flexibility index (Phi) is 9.20. The van der Waals surface area contributed by atoms with Gasteiger partial charge in [0.2, 0.25) is 0 Å². The molecular formula is C62H42N2. The number of benzene rings is 11. The molecule has 0 aliphatic rings. The van der Waals surface area contributed by atoms with E-state index in [9.17, 15) is 0 Å². The summed E-state index contributed by atoms with van der Waals surface area (Å²) < 4.78 is 2.42. The first-order valence-electron chi connectivity index (χ1n) is 22.0. The molecule has 12 aromatic rings. The summed E-state index contributed by atoms with van der Waals surface area (Å²) in [6.07, 6.45) is 0. The lowest BCUT2D eigenvalue weighted by Gasteiger charge is -2.26. The Morgan fingerprint density at radius 1 is 0.266 bits per heavy atom. The van der Waals surface area contributed by atoms with E-state index in [0.717, 1.165) is 28.3 Å². The van der Waals surface area contributed by atoms with E-state index < -0.39 is 0 Å². The average Bonchev–Trinajstić information content (AvgIpc) is 3.70. The smallest absolute Gasteiger partial charge is 0.0547 e. The van der Waals surface area contributed by atoms with E-state index in [4.69, 9.17) is 0 Å². The van der Waals surface area contributed by atoms with Gasteiger partial charge in [0.15, 0.2) is 0 Å². The third kappa shape index (κ3) is 6.61. The van der Waals surface area contributed by atoms with Gasteiger partial charge in [-0.2, -0.15) is 0 Å². The fourth-order valence-electron chi connectivity index (χ4n) is 9.69. The van der Waals surface area contributed by atoms with E-state index in [-0.39, 0.29) is 0 Å². The minimum atomic E-state index is 1.09. The van der Waals surface area contributed by atoms with E-state index in [1.807, 2.05) is 0 Å². The molecule has 300 valence electrons. The van der Waals surface area contributed by atoms with Crippen molar-refractivity contribution in [2.45, 2.75) is 0 Å². The third-order valence-electron chi connectivity index (χ3n) is 12.7. The van der Waals surface area contributed by atoms with Crippen LogP contribution in [0.3, 0.4) is 0 Å². The number of hydrogen-bond donors (Lipinski definition) is 0. The second-order valence-corrected chi connectivity index (χ2v) is 16.5. The van der Waals surface area contributed by atoms with E-state index in [1.165, 1.54) is 82.3 Å². The van der Waals surface area contributed by atoms with Gasteiger partial charge in [-0.15, -0.1) is 0 Å². The number of fused-ring (bicyclic) bond motifs is 5. The first-order chi connectivity index (χ1) is 31.7. The minimum absolute atomic E-state index is 1.09. The first-order valence-corrected chi connectivity index (χ1v) is 22.0. The molecule has 2 nitrogen and oxygen atoms in total. The Bertz CT molecular complexity index is 3640. The van der Waals surface area contributed by atoms with Crippen LogP contribution < -0.4 is 4.90 Å². The maximum Gasteiger partial charge on any atom is 0.0547 e. The lowest BCUT2D eigenvalue weighted by atomic mass is 9.97. The maximum absolute atomic E-state index is 2.42. The SMILES string of the molecule is c1ccc(-c2cccc(-c3ccc(N(c4ccc(-c5cccc6ccccc56)cc4)c4cccc(-c5cccc6c5c5cc7ccccc7cc5n6-c5ccccc5)c4)cc3)c2)cc1. The lowest BCUT2D eigenvalue weighted by Crippen LogP contribution is -2.10. The summed E-state index contributed by atoms with van der Waals surface area (Å²) in [5.74, 6) is 0. The maximum atomic E-state index is 2.42. The van der Waals surface area contributed by atoms with Crippen LogP contribution in [-0.4, -0.2) is 4.57 Å². The molecule has 0 saturated heterocycles. The quantitative estimate of drug-likeness (QED) is 0.148. The largest absolute Gasteiger partial charge is 0.310 e. The van der Waals surface area contributed by atoms with Gasteiger partial charge in [0.1, 0.15) is 0 Å². The zero-order valence-corrected chi connectivity index (χ0v) is 35.1. The molecule has 0 bridgehead atoms. The van der Waals surface area contributed by atoms with Crippen molar-refractivity contribution in [1.82, 2.24) is 4.57 Å². The fourth-order valence-corrected chi connectivity index (χ4v) is 9.69. The Labute approximate surface area is 373 Å². The molecule has 0 aliphatic heterocycles. The molecular weight excluding hydrogens is 773 g/mol. The number of para-hydroxylation sites is 1. The van der Waals surface area contributed by atoms with Crippen LogP contribution in [0.4, 0.5) is 17.1 Å². The van der Waals surface area contributed by atoms with Crippen LogP contribution in [0.2, 0.25) is 0 Å². The molecule has 0 spiro atoms. The molecule has 0 atom stereocenters. The summed E-state index contributed by atoms with van der Waals surface area (Å²) in [7, 11) is 0. The minimum Gasteiger partial charge on any atom is -0.310 e. The molecule has 0 unspecified atom stereocenters. The van der Waals surface area contributed by atoms with Crippen LogP contribution in [0.25, 0.3) is 93.5 Å². The van der Waals surface area contributed by atoms with E-state index in [1.54, 1.807) is 0 Å². The van der Waals surface area contributed by atoms with Crippen molar-refractivity contribution in [2.75, 3.05) is 4.90 Å². The second kappa shape index (κ2) is 15.8. The third-order valence-corrected chi connectivity index (χ3v) is 12.7. The summed E-state index contributed by atoms with van der Waals surface area (Å²) in [6, 6.07) is 92.7. The highest BCUT2D eigenvalue weighted by atomic mass is 15.1. The van der Waals surface area contributed by atoms with Crippen LogP contribution >= 0.6 is 0 Å². The summed E-state index contributed by atoms with van der Waals surface area (Å²) in [4.78, 5) is 2.39. The Balaban J connectivity index is 1.00. The van der Waals surface area contributed by atoms with Gasteiger partial charge >= 0.3 is 0 Å². The number of hydrogen-bond acceptors (Lipinski definition) is 1. The van der Waals surface area contributed by atoms with Gasteiger partial charge < -0.3 is 9.47 Å². The molecule has 1 heterocycles. The monoisotopic (exact) mass is 814 g/mol. The van der Waals surface area contributed by atoms with Crippen molar-refractivity contribution >= 4 is 60.4 Å². The summed E-state index contributed by atoms with van der Waals surface area (Å²) >= 11 is 0. The van der Waals surface area contributed by atoms with E-state index in [0.29, 0.717) is 0 Å². The summed E-state index contributed by atoms with van der Waals surface area (Å²) in [5.41, 5.74) is 16.4. The van der Waals surface area contributed by atoms with Crippen molar-refractivity contribution in [2.24, 2.45) is 0 Å². The van der Waals surface area contributed by atoms with Gasteiger partial charge in [-0.05, 0) is 139 Å². The molecule has 0 amide bonds. The Morgan fingerprint density at radius 3 is 1.55 bits per heavy atom. The lowest BCUT2D eigenvalue weighted by molar-refractivity contribution is 1.18. The van der Waals surface area contributed by atoms with Crippen LogP contribution in [0.5, 0.6) is 0 Å². The zero-order valence-electron chi connectivity index (χ0n) is 35.1. The van der Waals surface area contributed by atoms with E-state index in [2.05, 4.69) is 264 Å². The molecule has 1 aromatic heterocycles. The Hall–Kier alpha value is -8.46. The van der Waals surface area contributed by atoms with Crippen LogP contribution in [0.1, 0.15) is 0 Å². The van der Waals surface area contributed by atoms with Gasteiger partial charge in [-0.1, -0.05) is 182 Å². The van der Waals surface area contributed by atoms with Crippen LogP contribution in [-0.2, 0) is 0 Å². The molecule has 0 saturated carbocycles. The molecule has 0 aliphatic carbocycles.